The molecule has 1 amide bonds. The number of aromatic nitrogens is 1. The molecular formula is C22H22ClN3O3S. The van der Waals surface area contributed by atoms with Crippen molar-refractivity contribution >= 4 is 38.9 Å². The molecule has 0 unspecified atom stereocenters. The highest BCUT2D eigenvalue weighted by Gasteiger charge is 2.19. The van der Waals surface area contributed by atoms with E-state index in [2.05, 4.69) is 10.3 Å². The molecular weight excluding hydrogens is 422 g/mol. The van der Waals surface area contributed by atoms with Gasteiger partial charge in [0.25, 0.3) is 0 Å². The Morgan fingerprint density at radius 2 is 1.80 bits per heavy atom. The number of nitrogens with zero attached hydrogens (tertiary/aromatic N) is 2. The SMILES string of the molecule is CS(=O)(=O)N(Cc1ccccc1Cl)c1ccc(NC(=O)CCc2cccnc2)cc1. The van der Waals surface area contributed by atoms with Gasteiger partial charge in [0, 0.05) is 29.5 Å². The van der Waals surface area contributed by atoms with Gasteiger partial charge in [0.15, 0.2) is 0 Å². The Bertz CT molecular complexity index is 1100. The molecule has 2 aromatic carbocycles. The first-order chi connectivity index (χ1) is 14.3. The fourth-order valence-corrected chi connectivity index (χ4v) is 3.99. The summed E-state index contributed by atoms with van der Waals surface area (Å²) in [6.45, 7) is 0.120. The summed E-state index contributed by atoms with van der Waals surface area (Å²) >= 11 is 6.19. The maximum atomic E-state index is 12.3. The fourth-order valence-electron chi connectivity index (χ4n) is 2.92. The van der Waals surface area contributed by atoms with Crippen LogP contribution in [0.15, 0.2) is 73.1 Å². The van der Waals surface area contributed by atoms with E-state index in [1.54, 1.807) is 54.9 Å². The first-order valence-corrected chi connectivity index (χ1v) is 11.6. The van der Waals surface area contributed by atoms with Crippen LogP contribution in [0, 0.1) is 0 Å². The maximum absolute atomic E-state index is 12.3. The van der Waals surface area contributed by atoms with Crippen LogP contribution in [0.2, 0.25) is 5.02 Å². The van der Waals surface area contributed by atoms with Crippen LogP contribution in [0.4, 0.5) is 11.4 Å². The molecule has 0 aliphatic rings. The minimum absolute atomic E-state index is 0.120. The molecule has 30 heavy (non-hydrogen) atoms. The zero-order valence-electron chi connectivity index (χ0n) is 16.5. The van der Waals surface area contributed by atoms with Gasteiger partial charge in [-0.3, -0.25) is 14.1 Å². The fraction of sp³-hybridized carbons (Fsp3) is 0.182. The van der Waals surface area contributed by atoms with Crippen LogP contribution >= 0.6 is 11.6 Å². The van der Waals surface area contributed by atoms with Crippen molar-refractivity contribution in [2.75, 3.05) is 15.9 Å². The van der Waals surface area contributed by atoms with Crippen LogP contribution in [-0.4, -0.2) is 25.6 Å². The number of rotatable bonds is 8. The second kappa shape index (κ2) is 9.73. The normalized spacial score (nSPS) is 11.1. The van der Waals surface area contributed by atoms with Crippen molar-refractivity contribution in [3.05, 3.63) is 89.2 Å². The van der Waals surface area contributed by atoms with Gasteiger partial charge in [-0.1, -0.05) is 35.9 Å². The number of hydrogen-bond donors (Lipinski definition) is 1. The van der Waals surface area contributed by atoms with Crippen molar-refractivity contribution in [3.63, 3.8) is 0 Å². The Morgan fingerprint density at radius 1 is 1.07 bits per heavy atom. The smallest absolute Gasteiger partial charge is 0.232 e. The van der Waals surface area contributed by atoms with Crippen molar-refractivity contribution in [1.29, 1.82) is 0 Å². The maximum Gasteiger partial charge on any atom is 0.232 e. The lowest BCUT2D eigenvalue weighted by Crippen LogP contribution is -2.29. The molecule has 3 aromatic rings. The molecule has 0 aliphatic carbocycles. The molecule has 156 valence electrons. The summed E-state index contributed by atoms with van der Waals surface area (Å²) in [5.41, 5.74) is 2.79. The van der Waals surface area contributed by atoms with E-state index < -0.39 is 10.0 Å². The minimum atomic E-state index is -3.53. The Balaban J connectivity index is 1.67. The number of aryl methyl sites for hydroxylation is 1. The summed E-state index contributed by atoms with van der Waals surface area (Å²) < 4.78 is 26.0. The molecule has 3 rings (SSSR count). The Morgan fingerprint density at radius 3 is 2.43 bits per heavy atom. The van der Waals surface area contributed by atoms with Crippen LogP contribution in [0.3, 0.4) is 0 Å². The van der Waals surface area contributed by atoms with Crippen LogP contribution in [0.25, 0.3) is 0 Å². The molecule has 0 saturated heterocycles. The number of halogens is 1. The molecule has 0 spiro atoms. The third-order valence-electron chi connectivity index (χ3n) is 4.47. The molecule has 1 heterocycles. The van der Waals surface area contributed by atoms with E-state index in [4.69, 9.17) is 11.6 Å². The highest BCUT2D eigenvalue weighted by Crippen LogP contribution is 2.25. The summed E-state index contributed by atoms with van der Waals surface area (Å²) in [5.74, 6) is -0.123. The second-order valence-corrected chi connectivity index (χ2v) is 9.13. The van der Waals surface area contributed by atoms with Crippen LogP contribution in [-0.2, 0) is 27.8 Å². The third kappa shape index (κ3) is 6.05. The van der Waals surface area contributed by atoms with Gasteiger partial charge in [-0.2, -0.15) is 0 Å². The molecule has 1 aromatic heterocycles. The molecule has 0 fully saturated rings. The molecule has 1 N–H and O–H groups in total. The Labute approximate surface area is 181 Å². The van der Waals surface area contributed by atoms with E-state index in [1.165, 1.54) is 4.31 Å². The lowest BCUT2D eigenvalue weighted by Gasteiger charge is -2.23. The number of benzene rings is 2. The lowest BCUT2D eigenvalue weighted by atomic mass is 10.1. The van der Waals surface area contributed by atoms with E-state index in [0.717, 1.165) is 11.8 Å². The van der Waals surface area contributed by atoms with E-state index in [-0.39, 0.29) is 12.5 Å². The molecule has 0 saturated carbocycles. The van der Waals surface area contributed by atoms with Crippen molar-refractivity contribution in [3.8, 4) is 0 Å². The number of amides is 1. The van der Waals surface area contributed by atoms with E-state index in [1.807, 2.05) is 18.2 Å². The number of sulfonamides is 1. The topological polar surface area (TPSA) is 79.4 Å². The predicted molar refractivity (Wildman–Crippen MR) is 120 cm³/mol. The minimum Gasteiger partial charge on any atom is -0.326 e. The summed E-state index contributed by atoms with van der Waals surface area (Å²) in [5, 5.41) is 3.33. The van der Waals surface area contributed by atoms with Crippen molar-refractivity contribution < 1.29 is 13.2 Å². The number of carbonyl (C=O) groups is 1. The van der Waals surface area contributed by atoms with Crippen LogP contribution in [0.5, 0.6) is 0 Å². The second-order valence-electron chi connectivity index (χ2n) is 6.82. The number of anilines is 2. The monoisotopic (exact) mass is 443 g/mol. The van der Waals surface area contributed by atoms with Crippen molar-refractivity contribution in [2.24, 2.45) is 0 Å². The number of pyridine rings is 1. The summed E-state index contributed by atoms with van der Waals surface area (Å²) in [7, 11) is -3.53. The van der Waals surface area contributed by atoms with Crippen molar-refractivity contribution in [2.45, 2.75) is 19.4 Å². The Hall–Kier alpha value is -2.90. The standard InChI is InChI=1S/C22H22ClN3O3S/c1-30(28,29)26(16-18-6-2-3-7-21(18)23)20-11-9-19(10-12-20)25-22(27)13-8-17-5-4-14-24-15-17/h2-7,9-12,14-15H,8,13,16H2,1H3,(H,25,27). The predicted octanol–water partition coefficient (Wildman–Crippen LogP) is 4.27. The summed E-state index contributed by atoms with van der Waals surface area (Å²) in [6, 6.07) is 17.6. The van der Waals surface area contributed by atoms with Gasteiger partial charge in [-0.15, -0.1) is 0 Å². The molecule has 0 radical (unpaired) electrons. The highest BCUT2D eigenvalue weighted by molar-refractivity contribution is 7.92. The number of carbonyl (C=O) groups excluding carboxylic acids is 1. The van der Waals surface area contributed by atoms with Crippen molar-refractivity contribution in [1.82, 2.24) is 4.98 Å². The van der Waals surface area contributed by atoms with Crippen LogP contribution < -0.4 is 9.62 Å². The van der Waals surface area contributed by atoms with Gasteiger partial charge in [0.05, 0.1) is 18.5 Å². The number of nitrogens with one attached hydrogen (secondary N) is 1. The van der Waals surface area contributed by atoms with E-state index >= 15 is 0 Å². The average molecular weight is 444 g/mol. The quantitative estimate of drug-likeness (QED) is 0.563. The highest BCUT2D eigenvalue weighted by atomic mass is 35.5. The summed E-state index contributed by atoms with van der Waals surface area (Å²) in [4.78, 5) is 16.2. The zero-order chi connectivity index (χ0) is 21.6. The van der Waals surface area contributed by atoms with Gasteiger partial charge in [-0.25, -0.2) is 8.42 Å². The van der Waals surface area contributed by atoms with Gasteiger partial charge in [0.1, 0.15) is 0 Å². The molecule has 6 nitrogen and oxygen atoms in total. The largest absolute Gasteiger partial charge is 0.326 e. The van der Waals surface area contributed by atoms with Gasteiger partial charge >= 0.3 is 0 Å². The van der Waals surface area contributed by atoms with Gasteiger partial charge in [0.2, 0.25) is 15.9 Å². The first-order valence-electron chi connectivity index (χ1n) is 9.33. The van der Waals surface area contributed by atoms with Crippen LogP contribution in [0.1, 0.15) is 17.5 Å². The third-order valence-corrected chi connectivity index (χ3v) is 5.98. The molecule has 8 heteroatoms. The molecule has 0 aliphatic heterocycles. The molecule has 0 atom stereocenters. The lowest BCUT2D eigenvalue weighted by molar-refractivity contribution is -0.116. The first kappa shape index (κ1) is 21.8. The van der Waals surface area contributed by atoms with E-state index in [9.17, 15) is 13.2 Å². The average Bonchev–Trinajstić information content (AvgIpc) is 2.72. The van der Waals surface area contributed by atoms with Gasteiger partial charge in [-0.05, 0) is 53.9 Å². The summed E-state index contributed by atoms with van der Waals surface area (Å²) in [6.07, 6.45) is 5.50. The van der Waals surface area contributed by atoms with E-state index in [0.29, 0.717) is 34.8 Å². The van der Waals surface area contributed by atoms with Gasteiger partial charge < -0.3 is 5.32 Å². The molecule has 0 bridgehead atoms. The Kier molecular flexibility index (Phi) is 7.07. The zero-order valence-corrected chi connectivity index (χ0v) is 18.0. The number of hydrogen-bond acceptors (Lipinski definition) is 4.